The lowest BCUT2D eigenvalue weighted by atomic mass is 10.1. The number of hydrogen-bond donors (Lipinski definition) is 0. The second kappa shape index (κ2) is 3.64. The normalized spacial score (nSPS) is 10.8. The van der Waals surface area contributed by atoms with Crippen molar-refractivity contribution in [2.24, 2.45) is 0 Å². The molecule has 0 radical (unpaired) electrons. The molecule has 3 nitrogen and oxygen atoms in total. The molecule has 3 rings (SSSR count). The van der Waals surface area contributed by atoms with Crippen LogP contribution >= 0.6 is 11.3 Å². The number of aromatic nitrogens is 2. The van der Waals surface area contributed by atoms with E-state index in [1.54, 1.807) is 18.4 Å². The number of nitrogens with zero attached hydrogens (tertiary/aromatic N) is 2. The summed E-state index contributed by atoms with van der Waals surface area (Å²) in [6, 6.07) is 7.92. The Morgan fingerprint density at radius 1 is 1.31 bits per heavy atom. The van der Waals surface area contributed by atoms with E-state index >= 15 is 0 Å². The lowest BCUT2D eigenvalue weighted by Crippen LogP contribution is -1.86. The molecule has 0 aliphatic rings. The Labute approximate surface area is 96.9 Å². The molecule has 0 saturated heterocycles. The van der Waals surface area contributed by atoms with Crippen LogP contribution in [0.15, 0.2) is 42.0 Å². The van der Waals surface area contributed by atoms with Gasteiger partial charge in [-0.2, -0.15) is 0 Å². The van der Waals surface area contributed by atoms with Crippen LogP contribution in [-0.4, -0.2) is 16.5 Å². The van der Waals surface area contributed by atoms with Gasteiger partial charge in [0.1, 0.15) is 5.75 Å². The van der Waals surface area contributed by atoms with Gasteiger partial charge in [0, 0.05) is 23.3 Å². The summed E-state index contributed by atoms with van der Waals surface area (Å²) < 4.78 is 7.35. The van der Waals surface area contributed by atoms with Gasteiger partial charge in [-0.1, -0.05) is 12.1 Å². The molecular formula is C12H10N2OS. The molecule has 3 aromatic rings. The molecule has 0 atom stereocenters. The van der Waals surface area contributed by atoms with Crippen molar-refractivity contribution in [3.63, 3.8) is 0 Å². The van der Waals surface area contributed by atoms with Crippen molar-refractivity contribution in [2.75, 3.05) is 7.11 Å². The third kappa shape index (κ3) is 1.39. The van der Waals surface area contributed by atoms with Crippen molar-refractivity contribution in [1.29, 1.82) is 0 Å². The number of hydrogen-bond acceptors (Lipinski definition) is 3. The summed E-state index contributed by atoms with van der Waals surface area (Å²) >= 11 is 1.63. The number of benzene rings is 1. The van der Waals surface area contributed by atoms with Gasteiger partial charge in [0.15, 0.2) is 4.96 Å². The summed E-state index contributed by atoms with van der Waals surface area (Å²) in [6.45, 7) is 0. The molecular weight excluding hydrogens is 220 g/mol. The van der Waals surface area contributed by atoms with Crippen molar-refractivity contribution >= 4 is 16.3 Å². The third-order valence-electron chi connectivity index (χ3n) is 2.48. The van der Waals surface area contributed by atoms with Crippen LogP contribution in [-0.2, 0) is 0 Å². The molecule has 2 aromatic heterocycles. The van der Waals surface area contributed by atoms with E-state index in [1.807, 2.05) is 46.4 Å². The minimum absolute atomic E-state index is 0.855. The van der Waals surface area contributed by atoms with Crippen molar-refractivity contribution in [3.05, 3.63) is 42.0 Å². The van der Waals surface area contributed by atoms with Gasteiger partial charge in [-0.25, -0.2) is 4.98 Å². The molecule has 0 bridgehead atoms. The standard InChI is InChI=1S/C12H10N2OS/c1-15-11-5-3-2-4-9(11)10-8-14-6-7-16-12(14)13-10/h2-8H,1H3. The van der Waals surface area contributed by atoms with Crippen LogP contribution in [0.1, 0.15) is 0 Å². The predicted molar refractivity (Wildman–Crippen MR) is 65.1 cm³/mol. The molecule has 0 aliphatic heterocycles. The molecule has 4 heteroatoms. The minimum atomic E-state index is 0.855. The molecule has 1 aromatic carbocycles. The Kier molecular flexibility index (Phi) is 2.15. The summed E-state index contributed by atoms with van der Waals surface area (Å²) in [5, 5.41) is 2.02. The number of fused-ring (bicyclic) bond motifs is 1. The first kappa shape index (κ1) is 9.42. The van der Waals surface area contributed by atoms with E-state index < -0.39 is 0 Å². The first-order valence-electron chi connectivity index (χ1n) is 4.94. The molecule has 16 heavy (non-hydrogen) atoms. The van der Waals surface area contributed by atoms with Crippen LogP contribution in [0.3, 0.4) is 0 Å². The zero-order valence-electron chi connectivity index (χ0n) is 8.75. The number of thiazole rings is 1. The van der Waals surface area contributed by atoms with E-state index in [-0.39, 0.29) is 0 Å². The van der Waals surface area contributed by atoms with Crippen molar-refractivity contribution in [3.8, 4) is 17.0 Å². The van der Waals surface area contributed by atoms with Crippen molar-refractivity contribution < 1.29 is 4.74 Å². The van der Waals surface area contributed by atoms with E-state index in [0.717, 1.165) is 22.0 Å². The Balaban J connectivity index is 2.18. The first-order valence-corrected chi connectivity index (χ1v) is 5.82. The zero-order chi connectivity index (χ0) is 11.0. The molecule has 0 unspecified atom stereocenters. The van der Waals surface area contributed by atoms with E-state index in [0.29, 0.717) is 0 Å². The van der Waals surface area contributed by atoms with Gasteiger partial charge in [-0.15, -0.1) is 11.3 Å². The monoisotopic (exact) mass is 230 g/mol. The molecule has 0 fully saturated rings. The van der Waals surface area contributed by atoms with Crippen LogP contribution in [0, 0.1) is 0 Å². The number of methoxy groups -OCH3 is 1. The van der Waals surface area contributed by atoms with Crippen LogP contribution < -0.4 is 4.74 Å². The highest BCUT2D eigenvalue weighted by Crippen LogP contribution is 2.29. The number of imidazole rings is 1. The molecule has 80 valence electrons. The fourth-order valence-electron chi connectivity index (χ4n) is 1.71. The van der Waals surface area contributed by atoms with E-state index in [9.17, 15) is 0 Å². The van der Waals surface area contributed by atoms with Crippen molar-refractivity contribution in [1.82, 2.24) is 9.38 Å². The Morgan fingerprint density at radius 2 is 2.19 bits per heavy atom. The molecule has 0 amide bonds. The maximum absolute atomic E-state index is 5.33. The summed E-state index contributed by atoms with van der Waals surface area (Å²) in [5.74, 6) is 0.855. The van der Waals surface area contributed by atoms with Crippen LogP contribution in [0.2, 0.25) is 0 Å². The Hall–Kier alpha value is -1.81. The molecule has 0 aliphatic carbocycles. The van der Waals surface area contributed by atoms with E-state index in [4.69, 9.17) is 4.74 Å². The van der Waals surface area contributed by atoms with E-state index in [1.165, 1.54) is 0 Å². The topological polar surface area (TPSA) is 26.5 Å². The average Bonchev–Trinajstić information content (AvgIpc) is 2.89. The van der Waals surface area contributed by atoms with Gasteiger partial charge in [-0.3, -0.25) is 4.40 Å². The summed E-state index contributed by atoms with van der Waals surface area (Å²) in [4.78, 5) is 5.55. The van der Waals surface area contributed by atoms with Crippen LogP contribution in [0.4, 0.5) is 0 Å². The SMILES string of the molecule is COc1ccccc1-c1cn2ccsc2n1. The summed E-state index contributed by atoms with van der Waals surface area (Å²) in [7, 11) is 1.68. The third-order valence-corrected chi connectivity index (χ3v) is 3.25. The zero-order valence-corrected chi connectivity index (χ0v) is 9.57. The average molecular weight is 230 g/mol. The summed E-state index contributed by atoms with van der Waals surface area (Å²) in [5.41, 5.74) is 1.98. The first-order chi connectivity index (χ1) is 7.88. The van der Waals surface area contributed by atoms with E-state index in [2.05, 4.69) is 4.98 Å². The molecule has 2 heterocycles. The second-order valence-corrected chi connectivity index (χ2v) is 4.29. The lowest BCUT2D eigenvalue weighted by Gasteiger charge is -2.04. The lowest BCUT2D eigenvalue weighted by molar-refractivity contribution is 0.416. The molecule has 0 N–H and O–H groups in total. The highest BCUT2D eigenvalue weighted by atomic mass is 32.1. The maximum Gasteiger partial charge on any atom is 0.194 e. The highest BCUT2D eigenvalue weighted by Gasteiger charge is 2.09. The largest absolute Gasteiger partial charge is 0.496 e. The minimum Gasteiger partial charge on any atom is -0.496 e. The Bertz CT molecular complexity index is 598. The molecule has 0 saturated carbocycles. The summed E-state index contributed by atoms with van der Waals surface area (Å²) in [6.07, 6.45) is 4.02. The van der Waals surface area contributed by atoms with Gasteiger partial charge < -0.3 is 4.74 Å². The quantitative estimate of drug-likeness (QED) is 0.676. The van der Waals surface area contributed by atoms with Crippen LogP contribution in [0.5, 0.6) is 5.75 Å². The number of rotatable bonds is 2. The predicted octanol–water partition coefficient (Wildman–Crippen LogP) is 3.07. The van der Waals surface area contributed by atoms with Crippen molar-refractivity contribution in [2.45, 2.75) is 0 Å². The van der Waals surface area contributed by atoms with Gasteiger partial charge in [0.25, 0.3) is 0 Å². The Morgan fingerprint density at radius 3 is 3.00 bits per heavy atom. The number of ether oxygens (including phenoxy) is 1. The number of para-hydroxylation sites is 1. The smallest absolute Gasteiger partial charge is 0.194 e. The van der Waals surface area contributed by atoms with Crippen LogP contribution in [0.25, 0.3) is 16.2 Å². The van der Waals surface area contributed by atoms with Gasteiger partial charge >= 0.3 is 0 Å². The fraction of sp³-hybridized carbons (Fsp3) is 0.0833. The molecule has 0 spiro atoms. The second-order valence-electron chi connectivity index (χ2n) is 3.42. The maximum atomic E-state index is 5.33. The van der Waals surface area contributed by atoms with Gasteiger partial charge in [0.2, 0.25) is 0 Å². The van der Waals surface area contributed by atoms with Gasteiger partial charge in [0.05, 0.1) is 12.8 Å². The van der Waals surface area contributed by atoms with Gasteiger partial charge in [-0.05, 0) is 12.1 Å². The highest BCUT2D eigenvalue weighted by molar-refractivity contribution is 7.15. The fourth-order valence-corrected chi connectivity index (χ4v) is 2.41.